The number of rotatable bonds is 10. The van der Waals surface area contributed by atoms with Crippen molar-refractivity contribution in [3.63, 3.8) is 0 Å². The summed E-state index contributed by atoms with van der Waals surface area (Å²) in [6, 6.07) is 9.13. The van der Waals surface area contributed by atoms with Crippen molar-refractivity contribution in [3.8, 4) is 0 Å². The molecule has 0 atom stereocenters. The molecule has 3 heteroatoms. The highest BCUT2D eigenvalue weighted by Crippen LogP contribution is 2.07. The Bertz CT molecular complexity index is 330. The van der Waals surface area contributed by atoms with Crippen LogP contribution in [0.5, 0.6) is 0 Å². The first kappa shape index (κ1) is 19.7. The average molecular weight is 293 g/mol. The molecule has 0 heterocycles. The van der Waals surface area contributed by atoms with Gasteiger partial charge in [-0.2, -0.15) is 0 Å². The predicted molar refractivity (Wildman–Crippen MR) is 89.4 cm³/mol. The molecule has 1 aromatic rings. The van der Waals surface area contributed by atoms with E-state index in [-0.39, 0.29) is 6.42 Å². The molecule has 0 aliphatic rings. The largest absolute Gasteiger partial charge is 0.481 e. The number of hydrogen-bond acceptors (Lipinski definition) is 2. The van der Waals surface area contributed by atoms with Crippen LogP contribution in [-0.4, -0.2) is 17.6 Å². The lowest BCUT2D eigenvalue weighted by Gasteiger charge is -1.99. The van der Waals surface area contributed by atoms with Crippen molar-refractivity contribution in [1.29, 1.82) is 0 Å². The molecule has 0 saturated carbocycles. The lowest BCUT2D eigenvalue weighted by molar-refractivity contribution is -0.136. The van der Waals surface area contributed by atoms with Crippen LogP contribution < -0.4 is 5.73 Å². The molecular formula is C18H31NO2. The molecule has 3 N–H and O–H groups in total. The fourth-order valence-electron chi connectivity index (χ4n) is 2.05. The number of hydrogen-bond donors (Lipinski definition) is 2. The van der Waals surface area contributed by atoms with E-state index < -0.39 is 5.97 Å². The van der Waals surface area contributed by atoms with E-state index in [1.165, 1.54) is 51.4 Å². The smallest absolute Gasteiger partial charge is 0.307 e. The summed E-state index contributed by atoms with van der Waals surface area (Å²) in [7, 11) is 0. The van der Waals surface area contributed by atoms with E-state index in [0.717, 1.165) is 12.1 Å². The first-order chi connectivity index (χ1) is 10.2. The SMILES string of the molecule is CCCCCCCCCCN.O=C(O)Cc1ccccc1. The van der Waals surface area contributed by atoms with Gasteiger partial charge in [-0.25, -0.2) is 0 Å². The predicted octanol–water partition coefficient (Wildman–Crippen LogP) is 4.40. The highest BCUT2D eigenvalue weighted by Gasteiger charge is 1.96. The van der Waals surface area contributed by atoms with Crippen LogP contribution in [0.4, 0.5) is 0 Å². The fourth-order valence-corrected chi connectivity index (χ4v) is 2.05. The van der Waals surface area contributed by atoms with Gasteiger partial charge < -0.3 is 10.8 Å². The summed E-state index contributed by atoms with van der Waals surface area (Å²) >= 11 is 0. The van der Waals surface area contributed by atoms with E-state index in [0.29, 0.717) is 0 Å². The second-order valence-electron chi connectivity index (χ2n) is 5.32. The van der Waals surface area contributed by atoms with Crippen molar-refractivity contribution in [1.82, 2.24) is 0 Å². The van der Waals surface area contributed by atoms with Gasteiger partial charge in [0.1, 0.15) is 0 Å². The van der Waals surface area contributed by atoms with Crippen LogP contribution in [0.1, 0.15) is 63.9 Å². The quantitative estimate of drug-likeness (QED) is 0.628. The summed E-state index contributed by atoms with van der Waals surface area (Å²) in [6.07, 6.45) is 11.1. The number of benzene rings is 1. The summed E-state index contributed by atoms with van der Waals surface area (Å²) in [5.74, 6) is -0.786. The zero-order valence-corrected chi connectivity index (χ0v) is 13.4. The molecule has 120 valence electrons. The zero-order chi connectivity index (χ0) is 15.8. The van der Waals surface area contributed by atoms with Crippen molar-refractivity contribution in [2.75, 3.05) is 6.54 Å². The van der Waals surface area contributed by atoms with Crippen molar-refractivity contribution in [3.05, 3.63) is 35.9 Å². The summed E-state index contributed by atoms with van der Waals surface area (Å²) in [5.41, 5.74) is 6.23. The lowest BCUT2D eigenvalue weighted by atomic mass is 10.1. The third kappa shape index (κ3) is 14.9. The molecule has 0 fully saturated rings. The number of aliphatic carboxylic acids is 1. The third-order valence-electron chi connectivity index (χ3n) is 3.26. The van der Waals surface area contributed by atoms with Crippen LogP contribution in [0, 0.1) is 0 Å². The summed E-state index contributed by atoms with van der Waals surface area (Å²) in [5, 5.41) is 8.37. The molecule has 1 rings (SSSR count). The molecule has 0 saturated heterocycles. The van der Waals surface area contributed by atoms with E-state index in [4.69, 9.17) is 10.8 Å². The maximum absolute atomic E-state index is 10.2. The van der Waals surface area contributed by atoms with E-state index in [1.807, 2.05) is 18.2 Å². The van der Waals surface area contributed by atoms with Gasteiger partial charge in [-0.1, -0.05) is 82.2 Å². The Hall–Kier alpha value is -1.35. The second kappa shape index (κ2) is 15.0. The third-order valence-corrected chi connectivity index (χ3v) is 3.26. The monoisotopic (exact) mass is 293 g/mol. The van der Waals surface area contributed by atoms with Crippen LogP contribution in [0.15, 0.2) is 30.3 Å². The van der Waals surface area contributed by atoms with Gasteiger partial charge in [0.05, 0.1) is 6.42 Å². The first-order valence-corrected chi connectivity index (χ1v) is 8.16. The van der Waals surface area contributed by atoms with Gasteiger partial charge in [0.25, 0.3) is 0 Å². The minimum Gasteiger partial charge on any atom is -0.481 e. The molecule has 0 amide bonds. The lowest BCUT2D eigenvalue weighted by Crippen LogP contribution is -1.98. The number of carbonyl (C=O) groups is 1. The van der Waals surface area contributed by atoms with Gasteiger partial charge in [-0.05, 0) is 18.5 Å². The van der Waals surface area contributed by atoms with Crippen LogP contribution in [0.3, 0.4) is 0 Å². The minimum absolute atomic E-state index is 0.112. The van der Waals surface area contributed by atoms with Gasteiger partial charge >= 0.3 is 5.97 Å². The molecule has 0 bridgehead atoms. The highest BCUT2D eigenvalue weighted by molar-refractivity contribution is 5.70. The van der Waals surface area contributed by atoms with Gasteiger partial charge in [0.15, 0.2) is 0 Å². The molecule has 0 unspecified atom stereocenters. The van der Waals surface area contributed by atoms with E-state index in [2.05, 4.69) is 6.92 Å². The normalized spacial score (nSPS) is 9.81. The Morgan fingerprint density at radius 2 is 1.48 bits per heavy atom. The Balaban J connectivity index is 0.000000382. The van der Waals surface area contributed by atoms with E-state index >= 15 is 0 Å². The van der Waals surface area contributed by atoms with Crippen LogP contribution >= 0.6 is 0 Å². The molecule has 0 aromatic heterocycles. The fraction of sp³-hybridized carbons (Fsp3) is 0.611. The van der Waals surface area contributed by atoms with Gasteiger partial charge in [-0.15, -0.1) is 0 Å². The van der Waals surface area contributed by atoms with Gasteiger partial charge in [0.2, 0.25) is 0 Å². The summed E-state index contributed by atoms with van der Waals surface area (Å²) in [6.45, 7) is 3.13. The van der Waals surface area contributed by atoms with Crippen LogP contribution in [0.25, 0.3) is 0 Å². The molecule has 21 heavy (non-hydrogen) atoms. The maximum atomic E-state index is 10.2. The van der Waals surface area contributed by atoms with E-state index in [9.17, 15) is 4.79 Å². The van der Waals surface area contributed by atoms with E-state index in [1.54, 1.807) is 12.1 Å². The second-order valence-corrected chi connectivity index (χ2v) is 5.32. The average Bonchev–Trinajstić information content (AvgIpc) is 2.47. The Morgan fingerprint density at radius 3 is 1.95 bits per heavy atom. The van der Waals surface area contributed by atoms with Crippen molar-refractivity contribution >= 4 is 5.97 Å². The zero-order valence-electron chi connectivity index (χ0n) is 13.4. The summed E-state index contributed by atoms with van der Waals surface area (Å²) < 4.78 is 0. The van der Waals surface area contributed by atoms with Crippen molar-refractivity contribution in [2.24, 2.45) is 5.73 Å². The summed E-state index contributed by atoms with van der Waals surface area (Å²) in [4.78, 5) is 10.2. The molecule has 0 aliphatic heterocycles. The molecule has 1 aromatic carbocycles. The molecule has 3 nitrogen and oxygen atoms in total. The Kier molecular flexibility index (Phi) is 14.1. The Morgan fingerprint density at radius 1 is 0.952 bits per heavy atom. The molecule has 0 spiro atoms. The van der Waals surface area contributed by atoms with Crippen molar-refractivity contribution < 1.29 is 9.90 Å². The number of carboxylic acids is 1. The number of carboxylic acid groups (broad SMARTS) is 1. The standard InChI is InChI=1S/C10H23N.C8H8O2/c1-2-3-4-5-6-7-8-9-10-11;9-8(10)6-7-4-2-1-3-5-7/h2-11H2,1H3;1-5H,6H2,(H,9,10). The molecular weight excluding hydrogens is 262 g/mol. The van der Waals surface area contributed by atoms with Crippen molar-refractivity contribution in [2.45, 2.75) is 64.7 Å². The maximum Gasteiger partial charge on any atom is 0.307 e. The number of nitrogens with two attached hydrogens (primary N) is 1. The molecule has 0 aliphatic carbocycles. The van der Waals surface area contributed by atoms with Crippen LogP contribution in [0.2, 0.25) is 0 Å². The highest BCUT2D eigenvalue weighted by atomic mass is 16.4. The first-order valence-electron chi connectivity index (χ1n) is 8.16. The van der Waals surface area contributed by atoms with Gasteiger partial charge in [-0.3, -0.25) is 4.79 Å². The van der Waals surface area contributed by atoms with Crippen LogP contribution in [-0.2, 0) is 11.2 Å². The van der Waals surface area contributed by atoms with Gasteiger partial charge in [0, 0.05) is 0 Å². The number of unbranched alkanes of at least 4 members (excludes halogenated alkanes) is 7. The minimum atomic E-state index is -0.786. The topological polar surface area (TPSA) is 63.3 Å². The Labute approximate surface area is 129 Å². The molecule has 0 radical (unpaired) electrons.